The van der Waals surface area contributed by atoms with E-state index >= 15 is 0 Å². The van der Waals surface area contributed by atoms with Gasteiger partial charge in [0.05, 0.1) is 17.4 Å². The van der Waals surface area contributed by atoms with Gasteiger partial charge in [-0.15, -0.1) is 0 Å². The van der Waals surface area contributed by atoms with Crippen LogP contribution in [0, 0.1) is 5.92 Å². The van der Waals surface area contributed by atoms with Gasteiger partial charge in [0, 0.05) is 6.54 Å². The fourth-order valence-electron chi connectivity index (χ4n) is 1.93. The first-order chi connectivity index (χ1) is 8.16. The van der Waals surface area contributed by atoms with Gasteiger partial charge in [-0.3, -0.25) is 0 Å². The minimum atomic E-state index is -1.02. The monoisotopic (exact) mass is 235 g/mol. The molecule has 2 rings (SSSR count). The summed E-state index contributed by atoms with van der Waals surface area (Å²) < 4.78 is 0. The maximum absolute atomic E-state index is 10.9. The van der Waals surface area contributed by atoms with Gasteiger partial charge >= 0.3 is 5.97 Å². The summed E-state index contributed by atoms with van der Waals surface area (Å²) in [6, 6.07) is 1.48. The zero-order valence-corrected chi connectivity index (χ0v) is 9.65. The van der Waals surface area contributed by atoms with Crippen LogP contribution in [0.4, 0.5) is 11.5 Å². The molecular weight excluding hydrogens is 218 g/mol. The number of nitrogen functional groups attached to an aromatic ring is 1. The van der Waals surface area contributed by atoms with Crippen LogP contribution in [0.5, 0.6) is 0 Å². The molecule has 0 amide bonds. The third kappa shape index (κ3) is 2.87. The average Bonchev–Trinajstić information content (AvgIpc) is 2.23. The highest BCUT2D eigenvalue weighted by Crippen LogP contribution is 2.29. The van der Waals surface area contributed by atoms with Gasteiger partial charge in [0.2, 0.25) is 0 Å². The first kappa shape index (κ1) is 11.7. The lowest BCUT2D eigenvalue weighted by Crippen LogP contribution is -2.16. The van der Waals surface area contributed by atoms with E-state index in [1.807, 2.05) is 0 Å². The van der Waals surface area contributed by atoms with Gasteiger partial charge in [0.25, 0.3) is 0 Å². The molecule has 0 unspecified atom stereocenters. The Bertz CT molecular complexity index is 416. The summed E-state index contributed by atoms with van der Waals surface area (Å²) in [6.07, 6.45) is 6.48. The van der Waals surface area contributed by atoms with E-state index in [0.29, 0.717) is 5.82 Å². The fourth-order valence-corrected chi connectivity index (χ4v) is 1.93. The first-order valence-corrected chi connectivity index (χ1v) is 5.89. The van der Waals surface area contributed by atoms with Gasteiger partial charge < -0.3 is 16.2 Å². The smallest absolute Gasteiger partial charge is 0.337 e. The summed E-state index contributed by atoms with van der Waals surface area (Å²) in [5.74, 6) is 0.387. The predicted octanol–water partition coefficient (Wildman–Crippen LogP) is 1.96. The Morgan fingerprint density at radius 2 is 2.35 bits per heavy atom. The molecule has 0 aliphatic heterocycles. The van der Waals surface area contributed by atoms with Crippen molar-refractivity contribution in [2.75, 3.05) is 17.6 Å². The second kappa shape index (κ2) is 5.03. The van der Waals surface area contributed by atoms with Gasteiger partial charge in [-0.05, 0) is 18.4 Å². The number of pyridine rings is 1. The van der Waals surface area contributed by atoms with Gasteiger partial charge in [-0.2, -0.15) is 0 Å². The van der Waals surface area contributed by atoms with Crippen molar-refractivity contribution in [1.29, 1.82) is 0 Å². The number of hydrogen-bond acceptors (Lipinski definition) is 4. The number of aromatic carboxylic acids is 1. The number of hydrogen-bond donors (Lipinski definition) is 3. The quantitative estimate of drug-likeness (QED) is 0.726. The molecule has 0 spiro atoms. The number of carbonyl (C=O) groups is 1. The molecule has 17 heavy (non-hydrogen) atoms. The van der Waals surface area contributed by atoms with Gasteiger partial charge in [-0.25, -0.2) is 9.78 Å². The summed E-state index contributed by atoms with van der Waals surface area (Å²) in [7, 11) is 0. The van der Waals surface area contributed by atoms with Crippen LogP contribution in [-0.2, 0) is 0 Å². The molecule has 0 bridgehead atoms. The van der Waals surface area contributed by atoms with Crippen molar-refractivity contribution in [1.82, 2.24) is 4.98 Å². The Hall–Kier alpha value is -1.78. The van der Waals surface area contributed by atoms with Crippen molar-refractivity contribution in [3.63, 3.8) is 0 Å². The maximum Gasteiger partial charge on any atom is 0.337 e. The van der Waals surface area contributed by atoms with Crippen LogP contribution < -0.4 is 11.1 Å². The largest absolute Gasteiger partial charge is 0.478 e. The predicted molar refractivity (Wildman–Crippen MR) is 66.1 cm³/mol. The Kier molecular flexibility index (Phi) is 3.46. The molecule has 0 atom stereocenters. The lowest BCUT2D eigenvalue weighted by Gasteiger charge is -2.25. The number of rotatable bonds is 5. The van der Waals surface area contributed by atoms with E-state index in [4.69, 9.17) is 10.8 Å². The molecule has 1 aromatic rings. The summed E-state index contributed by atoms with van der Waals surface area (Å²) in [5.41, 5.74) is 5.83. The Balaban J connectivity index is 1.91. The van der Waals surface area contributed by atoms with E-state index in [0.717, 1.165) is 18.9 Å². The lowest BCUT2D eigenvalue weighted by molar-refractivity contribution is 0.0698. The van der Waals surface area contributed by atoms with E-state index in [1.54, 1.807) is 0 Å². The average molecular weight is 235 g/mol. The SMILES string of the molecule is Nc1cnc(NCCC2CCC2)cc1C(=O)O. The lowest BCUT2D eigenvalue weighted by atomic mass is 9.83. The standard InChI is InChI=1S/C12H17N3O2/c13-10-7-15-11(6-9(10)12(16)17)14-5-4-8-2-1-3-8/h6-8H,1-5,13H2,(H,14,15)(H,16,17). The van der Waals surface area contributed by atoms with Crippen LogP contribution in [0.3, 0.4) is 0 Å². The molecule has 5 heteroatoms. The van der Waals surface area contributed by atoms with Crippen LogP contribution in [0.1, 0.15) is 36.0 Å². The van der Waals surface area contributed by atoms with E-state index in [9.17, 15) is 4.79 Å². The highest BCUT2D eigenvalue weighted by Gasteiger charge is 2.16. The van der Waals surface area contributed by atoms with E-state index in [-0.39, 0.29) is 11.3 Å². The Morgan fingerprint density at radius 3 is 2.94 bits per heavy atom. The van der Waals surface area contributed by atoms with Crippen LogP contribution >= 0.6 is 0 Å². The van der Waals surface area contributed by atoms with Crippen molar-refractivity contribution < 1.29 is 9.90 Å². The maximum atomic E-state index is 10.9. The Labute approximate surface area is 100 Å². The molecule has 1 heterocycles. The summed E-state index contributed by atoms with van der Waals surface area (Å²) in [4.78, 5) is 14.9. The summed E-state index contributed by atoms with van der Waals surface area (Å²) in [5, 5.41) is 12.1. The van der Waals surface area contributed by atoms with Crippen LogP contribution in [0.15, 0.2) is 12.3 Å². The summed E-state index contributed by atoms with van der Waals surface area (Å²) in [6.45, 7) is 0.834. The van der Waals surface area contributed by atoms with E-state index < -0.39 is 5.97 Å². The molecule has 1 aliphatic rings. The molecule has 5 nitrogen and oxygen atoms in total. The molecule has 0 radical (unpaired) electrons. The number of anilines is 2. The van der Waals surface area contributed by atoms with E-state index in [2.05, 4.69) is 10.3 Å². The molecule has 4 N–H and O–H groups in total. The number of carboxylic acid groups (broad SMARTS) is 1. The minimum absolute atomic E-state index is 0.103. The van der Waals surface area contributed by atoms with Gasteiger partial charge in [0.15, 0.2) is 0 Å². The third-order valence-corrected chi connectivity index (χ3v) is 3.25. The number of nitrogens with zero attached hydrogens (tertiary/aromatic N) is 1. The molecule has 0 aromatic carbocycles. The van der Waals surface area contributed by atoms with E-state index in [1.165, 1.54) is 31.5 Å². The van der Waals surface area contributed by atoms with Crippen molar-refractivity contribution in [2.24, 2.45) is 5.92 Å². The zero-order valence-electron chi connectivity index (χ0n) is 9.65. The number of aromatic nitrogens is 1. The third-order valence-electron chi connectivity index (χ3n) is 3.25. The topological polar surface area (TPSA) is 88.2 Å². The normalized spacial score (nSPS) is 15.3. The second-order valence-corrected chi connectivity index (χ2v) is 4.47. The highest BCUT2D eigenvalue weighted by atomic mass is 16.4. The van der Waals surface area contributed by atoms with Crippen molar-refractivity contribution in [2.45, 2.75) is 25.7 Å². The number of carboxylic acids is 1. The first-order valence-electron chi connectivity index (χ1n) is 5.89. The van der Waals surface area contributed by atoms with Crippen molar-refractivity contribution in [3.05, 3.63) is 17.8 Å². The summed E-state index contributed by atoms with van der Waals surface area (Å²) >= 11 is 0. The minimum Gasteiger partial charge on any atom is -0.478 e. The molecular formula is C12H17N3O2. The van der Waals surface area contributed by atoms with Crippen LogP contribution in [0.2, 0.25) is 0 Å². The zero-order chi connectivity index (χ0) is 12.3. The molecule has 1 aromatic heterocycles. The molecule has 92 valence electrons. The van der Waals surface area contributed by atoms with Gasteiger partial charge in [0.1, 0.15) is 5.82 Å². The molecule has 1 saturated carbocycles. The van der Waals surface area contributed by atoms with Crippen molar-refractivity contribution >= 4 is 17.5 Å². The molecule has 1 aliphatic carbocycles. The van der Waals surface area contributed by atoms with Crippen LogP contribution in [-0.4, -0.2) is 22.6 Å². The molecule has 1 fully saturated rings. The second-order valence-electron chi connectivity index (χ2n) is 4.47. The number of nitrogens with two attached hydrogens (primary N) is 1. The highest BCUT2D eigenvalue weighted by molar-refractivity contribution is 5.94. The molecule has 0 saturated heterocycles. The number of nitrogens with one attached hydrogen (secondary N) is 1. The van der Waals surface area contributed by atoms with Crippen molar-refractivity contribution in [3.8, 4) is 0 Å². The van der Waals surface area contributed by atoms with Gasteiger partial charge in [-0.1, -0.05) is 19.3 Å². The van der Waals surface area contributed by atoms with Crippen LogP contribution in [0.25, 0.3) is 0 Å². The fraction of sp³-hybridized carbons (Fsp3) is 0.500. The Morgan fingerprint density at radius 1 is 1.59 bits per heavy atom.